The first-order valence-corrected chi connectivity index (χ1v) is 7.45. The summed E-state index contributed by atoms with van der Waals surface area (Å²) >= 11 is 5.96. The Balaban J connectivity index is 2.09. The van der Waals surface area contributed by atoms with Crippen LogP contribution in [0.5, 0.6) is 0 Å². The van der Waals surface area contributed by atoms with Gasteiger partial charge in [-0.05, 0) is 42.8 Å². The summed E-state index contributed by atoms with van der Waals surface area (Å²) in [6, 6.07) is 10.6. The molecule has 1 atom stereocenters. The van der Waals surface area contributed by atoms with E-state index in [1.54, 1.807) is 24.3 Å². The maximum absolute atomic E-state index is 12.6. The second-order valence-corrected chi connectivity index (χ2v) is 5.80. The Morgan fingerprint density at radius 2 is 1.86 bits per heavy atom. The highest BCUT2D eigenvalue weighted by Crippen LogP contribution is 2.22. The third-order valence-electron chi connectivity index (χ3n) is 3.62. The summed E-state index contributed by atoms with van der Waals surface area (Å²) in [4.78, 5) is 12.6. The molecule has 3 rings (SSSR count). The van der Waals surface area contributed by atoms with Crippen LogP contribution in [0.1, 0.15) is 12.5 Å². The molecule has 0 radical (unpaired) electrons. The average molecular weight is 318 g/mol. The Kier molecular flexibility index (Phi) is 4.16. The third-order valence-corrected chi connectivity index (χ3v) is 3.86. The molecule has 22 heavy (non-hydrogen) atoms. The fraction of sp³-hybridized carbons (Fsp3) is 0.235. The van der Waals surface area contributed by atoms with E-state index in [9.17, 15) is 4.79 Å². The van der Waals surface area contributed by atoms with Crippen molar-refractivity contribution in [2.45, 2.75) is 19.5 Å². The largest absolute Gasteiger partial charge is 0.456 e. The summed E-state index contributed by atoms with van der Waals surface area (Å²) in [6.07, 6.45) is 0. The van der Waals surface area contributed by atoms with Gasteiger partial charge in [0.1, 0.15) is 11.2 Å². The van der Waals surface area contributed by atoms with Gasteiger partial charge in [-0.1, -0.05) is 17.7 Å². The van der Waals surface area contributed by atoms with Crippen molar-refractivity contribution in [2.24, 2.45) is 0 Å². The Bertz CT molecular complexity index is 888. The van der Waals surface area contributed by atoms with Gasteiger partial charge in [-0.2, -0.15) is 0 Å². The zero-order chi connectivity index (χ0) is 15.7. The van der Waals surface area contributed by atoms with Crippen molar-refractivity contribution in [3.63, 3.8) is 0 Å². The summed E-state index contributed by atoms with van der Waals surface area (Å²) < 4.78 is 5.76. The van der Waals surface area contributed by atoms with Crippen molar-refractivity contribution in [1.29, 1.82) is 0 Å². The second kappa shape index (κ2) is 6.08. The first-order valence-electron chi connectivity index (χ1n) is 7.08. The molecule has 0 fully saturated rings. The lowest BCUT2D eigenvalue weighted by Gasteiger charge is -2.11. The van der Waals surface area contributed by atoms with E-state index in [1.807, 2.05) is 19.1 Å². The van der Waals surface area contributed by atoms with E-state index >= 15 is 0 Å². The van der Waals surface area contributed by atoms with Crippen molar-refractivity contribution in [1.82, 2.24) is 5.32 Å². The molecule has 0 amide bonds. The Hall–Kier alpha value is -1.88. The van der Waals surface area contributed by atoms with Crippen LogP contribution in [0.4, 0.5) is 0 Å². The first-order chi connectivity index (χ1) is 10.6. The summed E-state index contributed by atoms with van der Waals surface area (Å²) in [5.74, 6) is 0. The predicted molar refractivity (Wildman–Crippen MR) is 88.4 cm³/mol. The van der Waals surface area contributed by atoms with Crippen LogP contribution in [0.15, 0.2) is 45.6 Å². The first kappa shape index (κ1) is 15.0. The average Bonchev–Trinajstić information content (AvgIpc) is 2.53. The van der Waals surface area contributed by atoms with Gasteiger partial charge in [0.05, 0.1) is 17.4 Å². The van der Waals surface area contributed by atoms with Gasteiger partial charge < -0.3 is 14.8 Å². The van der Waals surface area contributed by atoms with E-state index in [1.165, 1.54) is 0 Å². The molecule has 1 heterocycles. The fourth-order valence-electron chi connectivity index (χ4n) is 2.34. The lowest BCUT2D eigenvalue weighted by molar-refractivity contribution is 0.251. The smallest absolute Gasteiger partial charge is 0.200 e. The highest BCUT2D eigenvalue weighted by atomic mass is 35.5. The molecule has 114 valence electrons. The van der Waals surface area contributed by atoms with E-state index in [2.05, 4.69) is 5.32 Å². The normalized spacial score (nSPS) is 12.9. The number of rotatable bonds is 4. The Labute approximate surface area is 132 Å². The predicted octanol–water partition coefficient (Wildman–Crippen LogP) is 3.07. The molecule has 0 unspecified atom stereocenters. The van der Waals surface area contributed by atoms with Crippen LogP contribution in [0.25, 0.3) is 21.9 Å². The zero-order valence-electron chi connectivity index (χ0n) is 12.1. The van der Waals surface area contributed by atoms with Crippen molar-refractivity contribution >= 4 is 33.5 Å². The summed E-state index contributed by atoms with van der Waals surface area (Å²) in [5.41, 5.74) is 1.96. The molecule has 0 aliphatic carbocycles. The van der Waals surface area contributed by atoms with E-state index in [-0.39, 0.29) is 18.1 Å². The maximum Gasteiger partial charge on any atom is 0.200 e. The molecule has 0 aliphatic heterocycles. The lowest BCUT2D eigenvalue weighted by atomic mass is 10.1. The second-order valence-electron chi connectivity index (χ2n) is 5.37. The topological polar surface area (TPSA) is 62.5 Å². The quantitative estimate of drug-likeness (QED) is 0.726. The summed E-state index contributed by atoms with van der Waals surface area (Å²) in [5, 5.41) is 13.7. The minimum absolute atomic E-state index is 0.00233. The molecule has 2 N–H and O–H groups in total. The van der Waals surface area contributed by atoms with Gasteiger partial charge in [0.25, 0.3) is 0 Å². The molecule has 0 saturated heterocycles. The summed E-state index contributed by atoms with van der Waals surface area (Å²) in [6.45, 7) is 2.54. The molecule has 1 aromatic heterocycles. The van der Waals surface area contributed by atoms with Crippen molar-refractivity contribution in [2.75, 3.05) is 6.61 Å². The van der Waals surface area contributed by atoms with Gasteiger partial charge in [0.2, 0.25) is 5.43 Å². The van der Waals surface area contributed by atoms with Crippen LogP contribution in [0.2, 0.25) is 5.02 Å². The minimum Gasteiger partial charge on any atom is -0.456 e. The van der Waals surface area contributed by atoms with Crippen molar-refractivity contribution < 1.29 is 9.52 Å². The van der Waals surface area contributed by atoms with Gasteiger partial charge in [0, 0.05) is 17.6 Å². The number of aliphatic hydroxyl groups is 1. The number of nitrogens with one attached hydrogen (secondary N) is 1. The van der Waals surface area contributed by atoms with Crippen LogP contribution in [-0.2, 0) is 6.54 Å². The maximum atomic E-state index is 12.6. The highest BCUT2D eigenvalue weighted by molar-refractivity contribution is 6.31. The molecule has 5 heteroatoms. The van der Waals surface area contributed by atoms with Gasteiger partial charge >= 0.3 is 0 Å². The van der Waals surface area contributed by atoms with Crippen LogP contribution < -0.4 is 10.7 Å². The number of aliphatic hydroxyl groups excluding tert-OH is 1. The molecule has 0 spiro atoms. The molecule has 0 aliphatic rings. The molecular weight excluding hydrogens is 302 g/mol. The number of hydrogen-bond donors (Lipinski definition) is 2. The van der Waals surface area contributed by atoms with E-state index in [4.69, 9.17) is 21.1 Å². The SMILES string of the molecule is C[C@H](CO)NCc1ccc2oc3ccc(Cl)cc3c(=O)c2c1. The number of fused-ring (bicyclic) bond motifs is 2. The minimum atomic E-state index is -0.0872. The van der Waals surface area contributed by atoms with Crippen molar-refractivity contribution in [3.8, 4) is 0 Å². The van der Waals surface area contributed by atoms with E-state index in [0.29, 0.717) is 33.5 Å². The standard InChI is InChI=1S/C17H16ClNO3/c1-10(9-20)19-8-11-2-4-15-13(6-11)17(21)14-7-12(18)3-5-16(14)22-15/h2-7,10,19-20H,8-9H2,1H3/t10-/m1/s1. The van der Waals surface area contributed by atoms with Crippen molar-refractivity contribution in [3.05, 3.63) is 57.2 Å². The number of benzene rings is 2. The molecule has 4 nitrogen and oxygen atoms in total. The van der Waals surface area contributed by atoms with Crippen LogP contribution in [0.3, 0.4) is 0 Å². The van der Waals surface area contributed by atoms with Crippen LogP contribution in [-0.4, -0.2) is 17.8 Å². The number of hydrogen-bond acceptors (Lipinski definition) is 4. The van der Waals surface area contributed by atoms with Crippen LogP contribution in [0, 0.1) is 0 Å². The van der Waals surface area contributed by atoms with Gasteiger partial charge in [0.15, 0.2) is 0 Å². The van der Waals surface area contributed by atoms with Crippen LogP contribution >= 0.6 is 11.6 Å². The Morgan fingerprint density at radius 3 is 2.59 bits per heavy atom. The Morgan fingerprint density at radius 1 is 1.18 bits per heavy atom. The molecule has 0 bridgehead atoms. The van der Waals surface area contributed by atoms with Gasteiger partial charge in [-0.25, -0.2) is 0 Å². The molecular formula is C17H16ClNO3. The fourth-order valence-corrected chi connectivity index (χ4v) is 2.51. The van der Waals surface area contributed by atoms with Gasteiger partial charge in [-0.3, -0.25) is 4.79 Å². The molecule has 3 aromatic rings. The zero-order valence-corrected chi connectivity index (χ0v) is 12.9. The number of halogens is 1. The molecule has 2 aromatic carbocycles. The van der Waals surface area contributed by atoms with Gasteiger partial charge in [-0.15, -0.1) is 0 Å². The summed E-state index contributed by atoms with van der Waals surface area (Å²) in [7, 11) is 0. The van der Waals surface area contributed by atoms with E-state index in [0.717, 1.165) is 5.56 Å². The highest BCUT2D eigenvalue weighted by Gasteiger charge is 2.09. The monoisotopic (exact) mass is 317 g/mol. The lowest BCUT2D eigenvalue weighted by Crippen LogP contribution is -2.28. The molecule has 0 saturated carbocycles. The van der Waals surface area contributed by atoms with E-state index < -0.39 is 0 Å². The third kappa shape index (κ3) is 2.86.